The first kappa shape index (κ1) is 19.8. The third kappa shape index (κ3) is 4.68. The first-order chi connectivity index (χ1) is 13.5. The Balaban J connectivity index is 1.66. The lowest BCUT2D eigenvalue weighted by molar-refractivity contribution is -0.124. The van der Waals surface area contributed by atoms with Crippen molar-refractivity contribution in [3.8, 4) is 23.3 Å². The van der Waals surface area contributed by atoms with Crippen LogP contribution in [0.25, 0.3) is 0 Å². The van der Waals surface area contributed by atoms with Gasteiger partial charge in [0.1, 0.15) is 19.0 Å². The van der Waals surface area contributed by atoms with Crippen LogP contribution in [0.15, 0.2) is 36.4 Å². The fraction of sp³-hybridized carbons (Fsp3) is 0.333. The van der Waals surface area contributed by atoms with Gasteiger partial charge in [-0.05, 0) is 41.8 Å². The summed E-state index contributed by atoms with van der Waals surface area (Å²) in [4.78, 5) is 12.4. The van der Waals surface area contributed by atoms with E-state index < -0.39 is 0 Å². The Kier molecular flexibility index (Phi) is 6.27. The fourth-order valence-corrected chi connectivity index (χ4v) is 3.17. The van der Waals surface area contributed by atoms with Crippen LogP contribution < -0.4 is 19.5 Å². The second-order valence-corrected chi connectivity index (χ2v) is 7.15. The van der Waals surface area contributed by atoms with Gasteiger partial charge in [-0.3, -0.25) is 4.79 Å². The second kappa shape index (κ2) is 8.85. The van der Waals surface area contributed by atoms with E-state index in [1.807, 2.05) is 38.1 Å². The molecule has 6 nitrogen and oxygen atoms in total. The van der Waals surface area contributed by atoms with E-state index in [1.165, 1.54) is 6.07 Å². The molecule has 0 saturated carbocycles. The number of halogens is 1. The molecule has 0 aliphatic carbocycles. The third-order valence-corrected chi connectivity index (χ3v) is 4.62. The number of nitrogens with zero attached hydrogens (tertiary/aromatic N) is 1. The summed E-state index contributed by atoms with van der Waals surface area (Å²) in [5, 5.41) is 12.2. The smallest absolute Gasteiger partial charge is 0.258 e. The molecule has 7 heteroatoms. The summed E-state index contributed by atoms with van der Waals surface area (Å²) in [6.45, 7) is 4.92. The fourth-order valence-electron chi connectivity index (χ4n) is 2.93. The van der Waals surface area contributed by atoms with Crippen LogP contribution in [0.1, 0.15) is 31.0 Å². The third-order valence-electron chi connectivity index (χ3n) is 4.33. The highest BCUT2D eigenvalue weighted by Gasteiger charge is 2.21. The summed E-state index contributed by atoms with van der Waals surface area (Å²) in [7, 11) is 0. The van der Waals surface area contributed by atoms with Gasteiger partial charge in [-0.2, -0.15) is 5.26 Å². The first-order valence-electron chi connectivity index (χ1n) is 8.99. The lowest BCUT2D eigenvalue weighted by Gasteiger charge is -2.25. The van der Waals surface area contributed by atoms with Crippen molar-refractivity contribution in [2.75, 3.05) is 19.8 Å². The van der Waals surface area contributed by atoms with Gasteiger partial charge in [0.2, 0.25) is 0 Å². The molecule has 0 saturated heterocycles. The van der Waals surface area contributed by atoms with Gasteiger partial charge in [0.05, 0.1) is 22.7 Å². The van der Waals surface area contributed by atoms with E-state index >= 15 is 0 Å². The molecule has 0 bridgehead atoms. The van der Waals surface area contributed by atoms with Crippen LogP contribution in [0.5, 0.6) is 17.2 Å². The zero-order valence-corrected chi connectivity index (χ0v) is 16.5. The maximum Gasteiger partial charge on any atom is 0.258 e. The second-order valence-electron chi connectivity index (χ2n) is 6.74. The summed E-state index contributed by atoms with van der Waals surface area (Å²) < 4.78 is 16.7. The molecule has 1 aliphatic rings. The molecule has 1 amide bonds. The summed E-state index contributed by atoms with van der Waals surface area (Å²) in [6.07, 6.45) is 0. The zero-order valence-electron chi connectivity index (χ0n) is 15.7. The Morgan fingerprint density at radius 1 is 1.21 bits per heavy atom. The molecule has 28 heavy (non-hydrogen) atoms. The van der Waals surface area contributed by atoms with Crippen LogP contribution in [0.2, 0.25) is 5.02 Å². The van der Waals surface area contributed by atoms with Crippen LogP contribution >= 0.6 is 11.6 Å². The number of benzene rings is 2. The maximum atomic E-state index is 12.4. The molecule has 0 aromatic heterocycles. The van der Waals surface area contributed by atoms with Crippen molar-refractivity contribution in [2.45, 2.75) is 19.9 Å². The largest absolute Gasteiger partial charge is 0.486 e. The molecule has 1 N–H and O–H groups in total. The predicted octanol–water partition coefficient (Wildman–Crippen LogP) is 3.88. The van der Waals surface area contributed by atoms with Crippen molar-refractivity contribution >= 4 is 17.5 Å². The van der Waals surface area contributed by atoms with Gasteiger partial charge in [-0.25, -0.2) is 0 Å². The van der Waals surface area contributed by atoms with Gasteiger partial charge in [0.25, 0.3) is 5.91 Å². The molecule has 1 aliphatic heterocycles. The van der Waals surface area contributed by atoms with Gasteiger partial charge in [-0.1, -0.05) is 31.5 Å². The topological polar surface area (TPSA) is 80.6 Å². The Bertz CT molecular complexity index is 908. The molecule has 0 spiro atoms. The number of hydrogen-bond acceptors (Lipinski definition) is 5. The predicted molar refractivity (Wildman–Crippen MR) is 105 cm³/mol. The highest BCUT2D eigenvalue weighted by Crippen LogP contribution is 2.34. The van der Waals surface area contributed by atoms with Gasteiger partial charge in [0.15, 0.2) is 18.1 Å². The molecule has 146 valence electrons. The number of nitriles is 1. The Labute approximate surface area is 169 Å². The number of ether oxygens (including phenoxy) is 3. The average molecular weight is 401 g/mol. The van der Waals surface area contributed by atoms with Crippen molar-refractivity contribution in [1.82, 2.24) is 5.32 Å². The van der Waals surface area contributed by atoms with Gasteiger partial charge >= 0.3 is 0 Å². The van der Waals surface area contributed by atoms with Gasteiger partial charge in [-0.15, -0.1) is 0 Å². The quantitative estimate of drug-likeness (QED) is 0.795. The van der Waals surface area contributed by atoms with Crippen molar-refractivity contribution in [3.05, 3.63) is 52.5 Å². The maximum absolute atomic E-state index is 12.4. The molecular formula is C21H21ClN2O4. The van der Waals surface area contributed by atoms with Crippen LogP contribution in [0, 0.1) is 17.2 Å². The van der Waals surface area contributed by atoms with E-state index in [2.05, 4.69) is 5.32 Å². The number of rotatable bonds is 6. The number of carbonyl (C=O) groups is 1. The van der Waals surface area contributed by atoms with Gasteiger partial charge in [0, 0.05) is 0 Å². The van der Waals surface area contributed by atoms with Crippen LogP contribution in [0.3, 0.4) is 0 Å². The summed E-state index contributed by atoms with van der Waals surface area (Å²) >= 11 is 6.08. The Morgan fingerprint density at radius 3 is 2.64 bits per heavy atom. The number of amides is 1. The molecule has 0 unspecified atom stereocenters. The normalized spacial score (nSPS) is 13.5. The van der Waals surface area contributed by atoms with Crippen LogP contribution in [0.4, 0.5) is 0 Å². The molecule has 2 aromatic carbocycles. The minimum atomic E-state index is -0.269. The zero-order chi connectivity index (χ0) is 20.1. The van der Waals surface area contributed by atoms with Gasteiger partial charge < -0.3 is 19.5 Å². The molecule has 1 atom stereocenters. The van der Waals surface area contributed by atoms with Crippen LogP contribution in [-0.2, 0) is 4.79 Å². The highest BCUT2D eigenvalue weighted by molar-refractivity contribution is 6.32. The van der Waals surface area contributed by atoms with Crippen molar-refractivity contribution in [2.24, 2.45) is 5.92 Å². The lowest BCUT2D eigenvalue weighted by atomic mass is 9.95. The molecular weight excluding hydrogens is 380 g/mol. The van der Waals surface area contributed by atoms with E-state index in [0.29, 0.717) is 41.0 Å². The summed E-state index contributed by atoms with van der Waals surface area (Å²) in [5.74, 6) is 1.64. The minimum absolute atomic E-state index is 0.157. The van der Waals surface area contributed by atoms with Crippen LogP contribution in [-0.4, -0.2) is 25.7 Å². The van der Waals surface area contributed by atoms with E-state index in [-0.39, 0.29) is 24.5 Å². The molecule has 0 fully saturated rings. The highest BCUT2D eigenvalue weighted by atomic mass is 35.5. The first-order valence-corrected chi connectivity index (χ1v) is 9.37. The Hall–Kier alpha value is -2.91. The lowest BCUT2D eigenvalue weighted by Crippen LogP contribution is -2.35. The SMILES string of the molecule is CC(C)[C@H](NC(=O)COc1ccc(C#N)cc1Cl)c1ccc2c(c1)OCCO2. The number of fused-ring (bicyclic) bond motifs is 1. The van der Waals surface area contributed by atoms with Crippen molar-refractivity contribution in [3.63, 3.8) is 0 Å². The number of carbonyl (C=O) groups excluding carboxylic acids is 1. The van der Waals surface area contributed by atoms with E-state index in [1.54, 1.807) is 12.1 Å². The Morgan fingerprint density at radius 2 is 1.96 bits per heavy atom. The molecule has 3 rings (SSSR count). The molecule has 1 heterocycles. The standard InChI is InChI=1S/C21H21ClN2O4/c1-13(2)21(15-4-6-18-19(10-15)27-8-7-26-18)24-20(25)12-28-17-5-3-14(11-23)9-16(17)22/h3-6,9-10,13,21H,7-8,12H2,1-2H3,(H,24,25)/t21-/m0/s1. The monoisotopic (exact) mass is 400 g/mol. The number of hydrogen-bond donors (Lipinski definition) is 1. The van der Waals surface area contributed by atoms with E-state index in [4.69, 9.17) is 31.1 Å². The summed E-state index contributed by atoms with van der Waals surface area (Å²) in [6, 6.07) is 12.1. The molecule has 2 aromatic rings. The van der Waals surface area contributed by atoms with E-state index in [9.17, 15) is 4.79 Å². The van der Waals surface area contributed by atoms with Crippen molar-refractivity contribution < 1.29 is 19.0 Å². The minimum Gasteiger partial charge on any atom is -0.486 e. The van der Waals surface area contributed by atoms with E-state index in [0.717, 1.165) is 5.56 Å². The molecule has 0 radical (unpaired) electrons. The average Bonchev–Trinajstić information content (AvgIpc) is 2.70. The summed E-state index contributed by atoms with van der Waals surface area (Å²) in [5.41, 5.74) is 1.37. The number of nitrogens with one attached hydrogen (secondary N) is 1. The van der Waals surface area contributed by atoms with Crippen molar-refractivity contribution in [1.29, 1.82) is 5.26 Å².